The van der Waals surface area contributed by atoms with Crippen LogP contribution in [0.2, 0.25) is 0 Å². The van der Waals surface area contributed by atoms with Gasteiger partial charge >= 0.3 is 0 Å². The van der Waals surface area contributed by atoms with Gasteiger partial charge in [-0.2, -0.15) is 0 Å². The van der Waals surface area contributed by atoms with E-state index in [0.717, 1.165) is 41.4 Å². The summed E-state index contributed by atoms with van der Waals surface area (Å²) in [5.41, 5.74) is 4.92. The zero-order valence-corrected chi connectivity index (χ0v) is 17.2. The number of hydrogen-bond acceptors (Lipinski definition) is 3. The van der Waals surface area contributed by atoms with Crippen LogP contribution in [-0.2, 0) is 17.8 Å². The molecule has 0 fully saturated rings. The smallest absolute Gasteiger partial charge is 0.282 e. The van der Waals surface area contributed by atoms with Gasteiger partial charge in [-0.05, 0) is 24.6 Å². The number of furan rings is 1. The second-order valence-corrected chi connectivity index (χ2v) is 7.96. The molecule has 3 aromatic carbocycles. The Bertz CT molecular complexity index is 1240. The third-order valence-corrected chi connectivity index (χ3v) is 6.21. The molecule has 5 rings (SSSR count). The maximum atomic E-state index is 13.1. The molecule has 1 unspecified atom stereocenters. The number of amides is 1. The van der Waals surface area contributed by atoms with Crippen molar-refractivity contribution < 1.29 is 18.8 Å². The quantitative estimate of drug-likeness (QED) is 0.550. The van der Waals surface area contributed by atoms with Gasteiger partial charge in [-0.3, -0.25) is 4.79 Å². The van der Waals surface area contributed by atoms with Crippen LogP contribution in [0.25, 0.3) is 21.9 Å². The molecule has 0 saturated heterocycles. The number of quaternary nitrogens is 1. The van der Waals surface area contributed by atoms with Crippen LogP contribution in [0.1, 0.15) is 18.1 Å². The van der Waals surface area contributed by atoms with Crippen molar-refractivity contribution in [2.24, 2.45) is 0 Å². The van der Waals surface area contributed by atoms with E-state index in [0.29, 0.717) is 11.4 Å². The second kappa shape index (κ2) is 7.50. The predicted molar refractivity (Wildman–Crippen MR) is 118 cm³/mol. The normalized spacial score (nSPS) is 16.9. The molecule has 0 saturated carbocycles. The number of hydrogen-bond donors (Lipinski definition) is 2. The fourth-order valence-electron chi connectivity index (χ4n) is 4.42. The standard InChI is InChI=1S/C25H24N2O3/c1-16(27-12-11-17-7-3-4-8-18(17)15-27)25(28)26-21-14-23-20(13-24(21)29-2)19-9-5-6-10-22(19)30-23/h3-10,13-14,16H,11-12,15H2,1-2H3,(H,26,28)/p+1/t16-/m1/s1. The molecule has 5 nitrogen and oxygen atoms in total. The summed E-state index contributed by atoms with van der Waals surface area (Å²) >= 11 is 0. The number of carbonyl (C=O) groups excluding carboxylic acids is 1. The Kier molecular flexibility index (Phi) is 4.68. The molecule has 1 aliphatic rings. The van der Waals surface area contributed by atoms with Crippen LogP contribution in [0, 0.1) is 0 Å². The molecule has 0 radical (unpaired) electrons. The largest absolute Gasteiger partial charge is 0.495 e. The maximum absolute atomic E-state index is 13.1. The highest BCUT2D eigenvalue weighted by Gasteiger charge is 2.29. The van der Waals surface area contributed by atoms with Crippen LogP contribution in [0.5, 0.6) is 5.75 Å². The minimum atomic E-state index is -0.172. The Hall–Kier alpha value is -3.31. The molecule has 4 aromatic rings. The number of methoxy groups -OCH3 is 1. The topological polar surface area (TPSA) is 55.9 Å². The first-order chi connectivity index (χ1) is 14.6. The zero-order valence-electron chi connectivity index (χ0n) is 17.2. The van der Waals surface area contributed by atoms with E-state index in [9.17, 15) is 4.79 Å². The molecular formula is C25H25N2O3+. The van der Waals surface area contributed by atoms with Crippen molar-refractivity contribution in [3.05, 3.63) is 71.8 Å². The number of rotatable bonds is 4. The fraction of sp³-hybridized carbons (Fsp3) is 0.240. The monoisotopic (exact) mass is 401 g/mol. The van der Waals surface area contributed by atoms with Gasteiger partial charge in [0.05, 0.1) is 19.3 Å². The molecule has 1 aromatic heterocycles. The number of ether oxygens (including phenoxy) is 1. The molecule has 30 heavy (non-hydrogen) atoms. The number of carbonyl (C=O) groups is 1. The van der Waals surface area contributed by atoms with Crippen LogP contribution in [0.15, 0.2) is 65.1 Å². The Morgan fingerprint density at radius 3 is 2.63 bits per heavy atom. The SMILES string of the molecule is COc1cc2c(cc1NC(=O)[C@@H](C)[NH+]1CCc3ccccc3C1)oc1ccccc12. The lowest BCUT2D eigenvalue weighted by molar-refractivity contribution is -0.929. The van der Waals surface area contributed by atoms with Crippen molar-refractivity contribution in [3.8, 4) is 5.75 Å². The molecule has 5 heteroatoms. The van der Waals surface area contributed by atoms with Crippen molar-refractivity contribution in [1.29, 1.82) is 0 Å². The van der Waals surface area contributed by atoms with Gasteiger partial charge in [-0.25, -0.2) is 0 Å². The Labute approximate surface area is 175 Å². The summed E-state index contributed by atoms with van der Waals surface area (Å²) in [4.78, 5) is 14.4. The Balaban J connectivity index is 1.40. The average molecular weight is 401 g/mol. The lowest BCUT2D eigenvalue weighted by atomic mass is 9.99. The van der Waals surface area contributed by atoms with Crippen LogP contribution >= 0.6 is 0 Å². The van der Waals surface area contributed by atoms with E-state index in [2.05, 4.69) is 29.6 Å². The van der Waals surface area contributed by atoms with Gasteiger partial charge in [0.25, 0.3) is 5.91 Å². The number of nitrogens with one attached hydrogen (secondary N) is 2. The Morgan fingerprint density at radius 1 is 1.03 bits per heavy atom. The van der Waals surface area contributed by atoms with Gasteiger partial charge in [-0.1, -0.05) is 42.5 Å². The van der Waals surface area contributed by atoms with Gasteiger partial charge in [0, 0.05) is 28.8 Å². The predicted octanol–water partition coefficient (Wildman–Crippen LogP) is 3.56. The third kappa shape index (κ3) is 3.21. The van der Waals surface area contributed by atoms with Gasteiger partial charge in [-0.15, -0.1) is 0 Å². The maximum Gasteiger partial charge on any atom is 0.282 e. The van der Waals surface area contributed by atoms with Crippen molar-refractivity contribution in [2.75, 3.05) is 19.0 Å². The molecule has 0 aliphatic carbocycles. The number of fused-ring (bicyclic) bond motifs is 4. The molecule has 2 heterocycles. The highest BCUT2D eigenvalue weighted by molar-refractivity contribution is 6.08. The van der Waals surface area contributed by atoms with Gasteiger partial charge in [0.15, 0.2) is 6.04 Å². The number of anilines is 1. The zero-order chi connectivity index (χ0) is 20.7. The summed E-state index contributed by atoms with van der Waals surface area (Å²) < 4.78 is 11.6. The van der Waals surface area contributed by atoms with Crippen molar-refractivity contribution in [2.45, 2.75) is 25.9 Å². The summed E-state index contributed by atoms with van der Waals surface area (Å²) in [6.07, 6.45) is 0.997. The van der Waals surface area contributed by atoms with Crippen LogP contribution in [0.3, 0.4) is 0 Å². The number of benzene rings is 3. The van der Waals surface area contributed by atoms with Crippen molar-refractivity contribution >= 4 is 33.5 Å². The van der Waals surface area contributed by atoms with E-state index >= 15 is 0 Å². The van der Waals surface area contributed by atoms with E-state index in [1.807, 2.05) is 43.3 Å². The van der Waals surface area contributed by atoms with Gasteiger partial charge in [0.1, 0.15) is 23.5 Å². The number of para-hydroxylation sites is 1. The van der Waals surface area contributed by atoms with E-state index in [4.69, 9.17) is 9.15 Å². The molecule has 1 aliphatic heterocycles. The van der Waals surface area contributed by atoms with Crippen molar-refractivity contribution in [1.82, 2.24) is 0 Å². The van der Waals surface area contributed by atoms with Crippen LogP contribution in [0.4, 0.5) is 5.69 Å². The van der Waals surface area contributed by atoms with E-state index in [-0.39, 0.29) is 11.9 Å². The first kappa shape index (κ1) is 18.7. The molecule has 0 bridgehead atoms. The summed E-state index contributed by atoms with van der Waals surface area (Å²) in [6, 6.07) is 20.0. The summed E-state index contributed by atoms with van der Waals surface area (Å²) in [5.74, 6) is 0.617. The van der Waals surface area contributed by atoms with Gasteiger partial charge in [0.2, 0.25) is 0 Å². The summed E-state index contributed by atoms with van der Waals surface area (Å²) in [5, 5.41) is 5.09. The third-order valence-electron chi connectivity index (χ3n) is 6.21. The summed E-state index contributed by atoms with van der Waals surface area (Å²) in [7, 11) is 1.62. The minimum Gasteiger partial charge on any atom is -0.495 e. The second-order valence-electron chi connectivity index (χ2n) is 7.96. The lowest BCUT2D eigenvalue weighted by Gasteiger charge is -2.30. The average Bonchev–Trinajstić information content (AvgIpc) is 3.15. The molecule has 1 amide bonds. The van der Waals surface area contributed by atoms with E-state index < -0.39 is 0 Å². The van der Waals surface area contributed by atoms with Crippen LogP contribution in [-0.4, -0.2) is 25.6 Å². The minimum absolute atomic E-state index is 0.0156. The van der Waals surface area contributed by atoms with E-state index in [1.165, 1.54) is 16.0 Å². The van der Waals surface area contributed by atoms with Crippen molar-refractivity contribution in [3.63, 3.8) is 0 Å². The van der Waals surface area contributed by atoms with Crippen LogP contribution < -0.4 is 15.0 Å². The lowest BCUT2D eigenvalue weighted by Crippen LogP contribution is -3.16. The van der Waals surface area contributed by atoms with E-state index in [1.54, 1.807) is 7.11 Å². The molecular weight excluding hydrogens is 376 g/mol. The summed E-state index contributed by atoms with van der Waals surface area (Å²) in [6.45, 7) is 3.81. The highest BCUT2D eigenvalue weighted by Crippen LogP contribution is 2.36. The van der Waals surface area contributed by atoms with Gasteiger partial charge < -0.3 is 19.4 Å². The molecule has 2 N–H and O–H groups in total. The fourth-order valence-corrected chi connectivity index (χ4v) is 4.42. The first-order valence-electron chi connectivity index (χ1n) is 10.4. The molecule has 2 atom stereocenters. The molecule has 0 spiro atoms. The molecule has 152 valence electrons. The highest BCUT2D eigenvalue weighted by atomic mass is 16.5. The first-order valence-corrected chi connectivity index (χ1v) is 10.4. The Morgan fingerprint density at radius 2 is 1.80 bits per heavy atom.